The van der Waals surface area contributed by atoms with Crippen molar-refractivity contribution in [3.63, 3.8) is 0 Å². The lowest BCUT2D eigenvalue weighted by atomic mass is 10.1. The van der Waals surface area contributed by atoms with Gasteiger partial charge in [-0.2, -0.15) is 0 Å². The van der Waals surface area contributed by atoms with Crippen LogP contribution in [0.2, 0.25) is 10.0 Å². The fraction of sp³-hybridized carbons (Fsp3) is 0.250. The molecule has 0 aliphatic carbocycles. The van der Waals surface area contributed by atoms with Crippen molar-refractivity contribution >= 4 is 45.6 Å². The van der Waals surface area contributed by atoms with Crippen LogP contribution in [0.15, 0.2) is 48.5 Å². The highest BCUT2D eigenvalue weighted by atomic mass is 35.5. The molecule has 1 amide bonds. The molecule has 2 aromatic carbocycles. The number of rotatable bonds is 8. The van der Waals surface area contributed by atoms with Crippen molar-refractivity contribution in [2.75, 3.05) is 5.32 Å². The summed E-state index contributed by atoms with van der Waals surface area (Å²) in [5.74, 6) is -0.0640. The molecule has 7 heteroatoms. The van der Waals surface area contributed by atoms with Gasteiger partial charge >= 0.3 is 0 Å². The fourth-order valence-electron chi connectivity index (χ4n) is 2.65. The molecule has 1 N–H and O–H groups in total. The molecule has 0 bridgehead atoms. The lowest BCUT2D eigenvalue weighted by Gasteiger charge is -2.05. The Balaban J connectivity index is 1.42. The number of nitrogens with one attached hydrogen (secondary N) is 1. The van der Waals surface area contributed by atoms with Crippen molar-refractivity contribution in [2.24, 2.45) is 0 Å². The Morgan fingerprint density at radius 3 is 2.59 bits per heavy atom. The molecular formula is C20H19Cl2N3OS. The molecule has 0 atom stereocenters. The van der Waals surface area contributed by atoms with E-state index in [1.54, 1.807) is 12.1 Å². The zero-order valence-corrected chi connectivity index (χ0v) is 16.9. The average molecular weight is 420 g/mol. The standard InChI is InChI=1S/C20H19Cl2N3OS/c21-16-11-10-15(17(22)13-16)7-4-8-18(26)23-20-25-24-19(27-20)12-9-14-5-2-1-3-6-14/h1-3,5-6,10-11,13H,4,7-9,12H2,(H,23,25,26). The summed E-state index contributed by atoms with van der Waals surface area (Å²) in [4.78, 5) is 12.1. The highest BCUT2D eigenvalue weighted by Gasteiger charge is 2.09. The molecule has 0 radical (unpaired) electrons. The van der Waals surface area contributed by atoms with Gasteiger partial charge in [0.25, 0.3) is 0 Å². The van der Waals surface area contributed by atoms with E-state index in [1.807, 2.05) is 24.3 Å². The van der Waals surface area contributed by atoms with E-state index in [2.05, 4.69) is 27.6 Å². The zero-order valence-electron chi connectivity index (χ0n) is 14.6. The highest BCUT2D eigenvalue weighted by Crippen LogP contribution is 2.23. The van der Waals surface area contributed by atoms with Gasteiger partial charge in [0.05, 0.1) is 0 Å². The maximum atomic E-state index is 12.1. The number of amides is 1. The Labute approximate surface area is 172 Å². The van der Waals surface area contributed by atoms with Crippen molar-refractivity contribution < 1.29 is 4.79 Å². The Hall–Kier alpha value is -1.95. The number of aryl methyl sites for hydroxylation is 3. The van der Waals surface area contributed by atoms with Crippen LogP contribution in [-0.4, -0.2) is 16.1 Å². The quantitative estimate of drug-likeness (QED) is 0.517. The molecule has 4 nitrogen and oxygen atoms in total. The minimum atomic E-state index is -0.0640. The number of carbonyl (C=O) groups excluding carboxylic acids is 1. The first-order chi connectivity index (χ1) is 13.1. The van der Waals surface area contributed by atoms with Crippen LogP contribution in [-0.2, 0) is 24.1 Å². The maximum absolute atomic E-state index is 12.1. The van der Waals surface area contributed by atoms with E-state index in [1.165, 1.54) is 16.9 Å². The van der Waals surface area contributed by atoms with Gasteiger partial charge in [-0.1, -0.05) is 70.9 Å². The van der Waals surface area contributed by atoms with Crippen LogP contribution < -0.4 is 5.32 Å². The Kier molecular flexibility index (Phi) is 7.21. The minimum Gasteiger partial charge on any atom is -0.301 e. The summed E-state index contributed by atoms with van der Waals surface area (Å²) in [6, 6.07) is 15.7. The first-order valence-electron chi connectivity index (χ1n) is 8.70. The lowest BCUT2D eigenvalue weighted by Crippen LogP contribution is -2.11. The van der Waals surface area contributed by atoms with Crippen molar-refractivity contribution in [2.45, 2.75) is 32.1 Å². The lowest BCUT2D eigenvalue weighted by molar-refractivity contribution is -0.116. The molecule has 0 unspecified atom stereocenters. The number of hydrogen-bond donors (Lipinski definition) is 1. The summed E-state index contributed by atoms with van der Waals surface area (Å²) >= 11 is 13.5. The maximum Gasteiger partial charge on any atom is 0.226 e. The molecule has 140 valence electrons. The largest absolute Gasteiger partial charge is 0.301 e. The molecule has 3 rings (SSSR count). The van der Waals surface area contributed by atoms with Gasteiger partial charge in [-0.25, -0.2) is 0 Å². The summed E-state index contributed by atoms with van der Waals surface area (Å²) in [6.07, 6.45) is 3.55. The Morgan fingerprint density at radius 1 is 1.00 bits per heavy atom. The highest BCUT2D eigenvalue weighted by molar-refractivity contribution is 7.15. The number of nitrogens with zero attached hydrogens (tertiary/aromatic N) is 2. The third-order valence-electron chi connectivity index (χ3n) is 4.05. The summed E-state index contributed by atoms with van der Waals surface area (Å²) in [7, 11) is 0. The van der Waals surface area contributed by atoms with E-state index in [9.17, 15) is 4.79 Å². The van der Waals surface area contributed by atoms with Crippen LogP contribution >= 0.6 is 34.5 Å². The summed E-state index contributed by atoms with van der Waals surface area (Å²) in [5.41, 5.74) is 2.26. The number of benzene rings is 2. The van der Waals surface area contributed by atoms with Gasteiger partial charge in [0.2, 0.25) is 11.0 Å². The van der Waals surface area contributed by atoms with Gasteiger partial charge in [0.1, 0.15) is 5.01 Å². The van der Waals surface area contributed by atoms with Crippen LogP contribution in [0.25, 0.3) is 0 Å². The Morgan fingerprint density at radius 2 is 1.81 bits per heavy atom. The third kappa shape index (κ3) is 6.31. The molecule has 0 saturated heterocycles. The monoisotopic (exact) mass is 419 g/mol. The predicted octanol–water partition coefficient (Wildman–Crippen LogP) is 5.59. The van der Waals surface area contributed by atoms with Gasteiger partial charge in [0.15, 0.2) is 0 Å². The van der Waals surface area contributed by atoms with E-state index < -0.39 is 0 Å². The molecule has 3 aromatic rings. The molecule has 1 aromatic heterocycles. The van der Waals surface area contributed by atoms with E-state index >= 15 is 0 Å². The summed E-state index contributed by atoms with van der Waals surface area (Å²) < 4.78 is 0. The number of anilines is 1. The first kappa shape index (κ1) is 19.8. The summed E-state index contributed by atoms with van der Waals surface area (Å²) in [5, 5.41) is 13.8. The smallest absolute Gasteiger partial charge is 0.226 e. The number of hydrogen-bond acceptors (Lipinski definition) is 4. The molecule has 0 aliphatic rings. The normalized spacial score (nSPS) is 10.7. The number of halogens is 2. The van der Waals surface area contributed by atoms with Gasteiger partial charge < -0.3 is 5.32 Å². The zero-order chi connectivity index (χ0) is 19.1. The van der Waals surface area contributed by atoms with Crippen molar-refractivity contribution in [1.29, 1.82) is 0 Å². The SMILES string of the molecule is O=C(CCCc1ccc(Cl)cc1Cl)Nc1nnc(CCc2ccccc2)s1. The average Bonchev–Trinajstić information content (AvgIpc) is 3.10. The van der Waals surface area contributed by atoms with Crippen LogP contribution in [0.4, 0.5) is 5.13 Å². The molecule has 27 heavy (non-hydrogen) atoms. The predicted molar refractivity (Wildman–Crippen MR) is 112 cm³/mol. The van der Waals surface area contributed by atoms with Crippen molar-refractivity contribution in [3.05, 3.63) is 74.7 Å². The van der Waals surface area contributed by atoms with Crippen LogP contribution in [0.3, 0.4) is 0 Å². The first-order valence-corrected chi connectivity index (χ1v) is 10.3. The molecule has 1 heterocycles. The van der Waals surface area contributed by atoms with Gasteiger partial charge in [0, 0.05) is 22.9 Å². The number of carbonyl (C=O) groups is 1. The third-order valence-corrected chi connectivity index (χ3v) is 5.53. The van der Waals surface area contributed by atoms with E-state index in [4.69, 9.17) is 23.2 Å². The van der Waals surface area contributed by atoms with Gasteiger partial charge in [-0.15, -0.1) is 10.2 Å². The second-order valence-corrected chi connectivity index (χ2v) is 8.03. The Bertz CT molecular complexity index is 899. The van der Waals surface area contributed by atoms with Crippen molar-refractivity contribution in [3.8, 4) is 0 Å². The molecular weight excluding hydrogens is 401 g/mol. The second-order valence-electron chi connectivity index (χ2n) is 6.12. The number of aromatic nitrogens is 2. The van der Waals surface area contributed by atoms with E-state index in [0.717, 1.165) is 29.8 Å². The van der Waals surface area contributed by atoms with Gasteiger partial charge in [-0.3, -0.25) is 4.79 Å². The van der Waals surface area contributed by atoms with Crippen LogP contribution in [0.5, 0.6) is 0 Å². The molecule has 0 saturated carbocycles. The van der Waals surface area contributed by atoms with Gasteiger partial charge in [-0.05, 0) is 42.5 Å². The van der Waals surface area contributed by atoms with E-state index in [0.29, 0.717) is 28.0 Å². The minimum absolute atomic E-state index is 0.0640. The second kappa shape index (κ2) is 9.83. The molecule has 0 aliphatic heterocycles. The fourth-order valence-corrected chi connectivity index (χ4v) is 3.91. The van der Waals surface area contributed by atoms with Crippen LogP contribution in [0.1, 0.15) is 29.0 Å². The summed E-state index contributed by atoms with van der Waals surface area (Å²) in [6.45, 7) is 0. The molecule has 0 spiro atoms. The van der Waals surface area contributed by atoms with Crippen molar-refractivity contribution in [1.82, 2.24) is 10.2 Å². The molecule has 0 fully saturated rings. The van der Waals surface area contributed by atoms with E-state index in [-0.39, 0.29) is 5.91 Å². The topological polar surface area (TPSA) is 54.9 Å². The van der Waals surface area contributed by atoms with Crippen LogP contribution in [0, 0.1) is 0 Å².